The molecule has 102 valence electrons. The lowest BCUT2D eigenvalue weighted by Gasteiger charge is -2.54. The molecule has 0 amide bonds. The molecule has 5 aliphatic rings. The monoisotopic (exact) mass is 249 g/mol. The van der Waals surface area contributed by atoms with Crippen LogP contribution < -0.4 is 5.32 Å². The fourth-order valence-corrected chi connectivity index (χ4v) is 5.46. The Morgan fingerprint density at radius 1 is 0.944 bits per heavy atom. The Hall–Kier alpha value is -0.0800. The minimum atomic E-state index is 0.639. The highest BCUT2D eigenvalue weighted by atomic mass is 16.5. The number of nitrogens with one attached hydrogen (secondary N) is 1. The van der Waals surface area contributed by atoms with E-state index in [-0.39, 0.29) is 0 Å². The van der Waals surface area contributed by atoms with Gasteiger partial charge in [0.1, 0.15) is 0 Å². The summed E-state index contributed by atoms with van der Waals surface area (Å²) in [5.41, 5.74) is 0. The van der Waals surface area contributed by atoms with Crippen LogP contribution >= 0.6 is 0 Å². The molecule has 2 nitrogen and oxygen atoms in total. The highest BCUT2D eigenvalue weighted by Crippen LogP contribution is 2.54. The molecule has 18 heavy (non-hydrogen) atoms. The molecule has 1 N–H and O–H groups in total. The number of ether oxygens (including phenoxy) is 1. The third kappa shape index (κ3) is 2.12. The molecule has 1 unspecified atom stereocenters. The molecule has 5 rings (SSSR count). The molecule has 4 bridgehead atoms. The van der Waals surface area contributed by atoms with Crippen molar-refractivity contribution in [2.45, 2.75) is 51.0 Å². The van der Waals surface area contributed by atoms with Crippen LogP contribution in [0.4, 0.5) is 0 Å². The molecule has 0 radical (unpaired) electrons. The van der Waals surface area contributed by atoms with E-state index in [1.54, 1.807) is 6.42 Å². The van der Waals surface area contributed by atoms with Gasteiger partial charge in [-0.05, 0) is 81.1 Å². The summed E-state index contributed by atoms with van der Waals surface area (Å²) in [4.78, 5) is 0. The first kappa shape index (κ1) is 11.7. The Morgan fingerprint density at radius 3 is 2.28 bits per heavy atom. The van der Waals surface area contributed by atoms with Gasteiger partial charge in [0.15, 0.2) is 0 Å². The second kappa shape index (κ2) is 4.79. The fraction of sp³-hybridized carbons (Fsp3) is 1.00. The molecule has 2 heteroatoms. The van der Waals surface area contributed by atoms with Crippen molar-refractivity contribution in [2.24, 2.45) is 29.6 Å². The first-order chi connectivity index (χ1) is 8.88. The first-order valence-electron chi connectivity index (χ1n) is 8.21. The second-order valence-electron chi connectivity index (χ2n) is 7.44. The molecule has 1 atom stereocenters. The maximum Gasteiger partial charge on any atom is 0.0631 e. The largest absolute Gasteiger partial charge is 0.377 e. The summed E-state index contributed by atoms with van der Waals surface area (Å²) >= 11 is 0. The van der Waals surface area contributed by atoms with Gasteiger partial charge in [0, 0.05) is 6.54 Å². The zero-order chi connectivity index (χ0) is 11.9. The van der Waals surface area contributed by atoms with E-state index in [1.165, 1.54) is 51.6 Å². The van der Waals surface area contributed by atoms with Gasteiger partial charge in [0.25, 0.3) is 0 Å². The zero-order valence-electron chi connectivity index (χ0n) is 11.4. The molecular formula is C16H27NO. The van der Waals surface area contributed by atoms with Crippen LogP contribution in [-0.2, 0) is 4.74 Å². The molecule has 4 saturated carbocycles. The van der Waals surface area contributed by atoms with Crippen LogP contribution in [0.3, 0.4) is 0 Å². The van der Waals surface area contributed by atoms with Gasteiger partial charge < -0.3 is 10.1 Å². The summed E-state index contributed by atoms with van der Waals surface area (Å²) in [5, 5.41) is 3.51. The number of hydrogen-bond acceptors (Lipinski definition) is 2. The van der Waals surface area contributed by atoms with Crippen LogP contribution in [0, 0.1) is 29.6 Å². The summed E-state index contributed by atoms with van der Waals surface area (Å²) in [6.45, 7) is 3.43. The van der Waals surface area contributed by atoms with E-state index in [2.05, 4.69) is 5.32 Å². The van der Waals surface area contributed by atoms with E-state index in [4.69, 9.17) is 4.74 Å². The predicted molar refractivity (Wildman–Crippen MR) is 72.4 cm³/mol. The quantitative estimate of drug-likeness (QED) is 0.830. The van der Waals surface area contributed by atoms with Gasteiger partial charge >= 0.3 is 0 Å². The fourth-order valence-electron chi connectivity index (χ4n) is 5.46. The molecular weight excluding hydrogens is 222 g/mol. The Morgan fingerprint density at radius 2 is 1.67 bits per heavy atom. The van der Waals surface area contributed by atoms with Crippen LogP contribution in [0.2, 0.25) is 0 Å². The standard InChI is InChI=1S/C16H27NO/c1-2-11(9-17-3-1)10-18-16-14-5-12-4-13(7-14)8-15(16)6-12/h11-17H,1-10H2. The average Bonchev–Trinajstić information content (AvgIpc) is 2.38. The van der Waals surface area contributed by atoms with Gasteiger partial charge in [-0.2, -0.15) is 0 Å². The highest BCUT2D eigenvalue weighted by molar-refractivity contribution is 4.99. The predicted octanol–water partition coefficient (Wildman–Crippen LogP) is 2.83. The van der Waals surface area contributed by atoms with Gasteiger partial charge in [-0.15, -0.1) is 0 Å². The van der Waals surface area contributed by atoms with Crippen molar-refractivity contribution in [2.75, 3.05) is 19.7 Å². The highest BCUT2D eigenvalue weighted by Gasteiger charge is 2.48. The van der Waals surface area contributed by atoms with E-state index >= 15 is 0 Å². The first-order valence-corrected chi connectivity index (χ1v) is 8.21. The van der Waals surface area contributed by atoms with E-state index in [1.807, 2.05) is 0 Å². The maximum absolute atomic E-state index is 6.42. The van der Waals surface area contributed by atoms with Crippen molar-refractivity contribution in [3.05, 3.63) is 0 Å². The number of rotatable bonds is 3. The van der Waals surface area contributed by atoms with Crippen LogP contribution in [0.1, 0.15) is 44.9 Å². The van der Waals surface area contributed by atoms with Crippen LogP contribution in [-0.4, -0.2) is 25.8 Å². The third-order valence-electron chi connectivity index (χ3n) is 6.06. The molecule has 0 spiro atoms. The van der Waals surface area contributed by atoms with E-state index < -0.39 is 0 Å². The van der Waals surface area contributed by atoms with Crippen molar-refractivity contribution in [1.82, 2.24) is 5.32 Å². The van der Waals surface area contributed by atoms with Crippen molar-refractivity contribution in [3.8, 4) is 0 Å². The minimum absolute atomic E-state index is 0.639. The normalized spacial score (nSPS) is 50.7. The molecule has 1 heterocycles. The lowest BCUT2D eigenvalue weighted by molar-refractivity contribution is -0.133. The second-order valence-corrected chi connectivity index (χ2v) is 7.44. The Kier molecular flexibility index (Phi) is 3.12. The summed E-state index contributed by atoms with van der Waals surface area (Å²) in [6.07, 6.45) is 10.9. The van der Waals surface area contributed by atoms with E-state index in [0.29, 0.717) is 6.10 Å². The third-order valence-corrected chi connectivity index (χ3v) is 6.06. The zero-order valence-corrected chi connectivity index (χ0v) is 11.4. The van der Waals surface area contributed by atoms with Crippen molar-refractivity contribution in [3.63, 3.8) is 0 Å². The van der Waals surface area contributed by atoms with Crippen LogP contribution in [0.5, 0.6) is 0 Å². The van der Waals surface area contributed by atoms with Crippen LogP contribution in [0.25, 0.3) is 0 Å². The van der Waals surface area contributed by atoms with Gasteiger partial charge in [-0.25, -0.2) is 0 Å². The number of hydrogen-bond donors (Lipinski definition) is 1. The summed E-state index contributed by atoms with van der Waals surface area (Å²) in [7, 11) is 0. The lowest BCUT2D eigenvalue weighted by atomic mass is 9.55. The molecule has 0 aromatic rings. The summed E-state index contributed by atoms with van der Waals surface area (Å²) < 4.78 is 6.42. The van der Waals surface area contributed by atoms with E-state index in [0.717, 1.165) is 36.2 Å². The molecule has 0 aromatic heterocycles. The maximum atomic E-state index is 6.42. The van der Waals surface area contributed by atoms with Crippen LogP contribution in [0.15, 0.2) is 0 Å². The Bertz CT molecular complexity index is 269. The van der Waals surface area contributed by atoms with Gasteiger partial charge in [0.05, 0.1) is 12.7 Å². The van der Waals surface area contributed by atoms with E-state index in [9.17, 15) is 0 Å². The molecule has 5 fully saturated rings. The smallest absolute Gasteiger partial charge is 0.0631 e. The molecule has 1 aliphatic heterocycles. The van der Waals surface area contributed by atoms with Gasteiger partial charge in [-0.1, -0.05) is 0 Å². The van der Waals surface area contributed by atoms with Crippen molar-refractivity contribution < 1.29 is 4.74 Å². The Balaban J connectivity index is 1.34. The van der Waals surface area contributed by atoms with Gasteiger partial charge in [0.2, 0.25) is 0 Å². The summed E-state index contributed by atoms with van der Waals surface area (Å²) in [6, 6.07) is 0. The minimum Gasteiger partial charge on any atom is -0.377 e. The number of piperidine rings is 1. The Labute approximate surface area is 111 Å². The average molecular weight is 249 g/mol. The molecule has 4 aliphatic carbocycles. The molecule has 1 saturated heterocycles. The molecule has 0 aromatic carbocycles. The van der Waals surface area contributed by atoms with Gasteiger partial charge in [-0.3, -0.25) is 0 Å². The van der Waals surface area contributed by atoms with Crippen molar-refractivity contribution in [1.29, 1.82) is 0 Å². The summed E-state index contributed by atoms with van der Waals surface area (Å²) in [5.74, 6) is 4.79. The SMILES string of the molecule is C1CNCC(COC2C3CC4CC(C3)CC2C4)C1. The van der Waals surface area contributed by atoms with Crippen molar-refractivity contribution >= 4 is 0 Å². The topological polar surface area (TPSA) is 21.3 Å². The lowest BCUT2D eigenvalue weighted by Crippen LogP contribution is -2.50.